The number of carbonyl (C=O) groups is 1. The molecular weight excluding hydrogens is 338 g/mol. The molecular formula is C18H22N3OS2+. The number of likely N-dealkylation sites (tertiary alicyclic amines) is 1. The van der Waals surface area contributed by atoms with E-state index in [9.17, 15) is 4.79 Å². The number of hydrogen-bond donors (Lipinski definition) is 1. The minimum Gasteiger partial charge on any atom is -0.334 e. The van der Waals surface area contributed by atoms with Gasteiger partial charge in [-0.05, 0) is 22.9 Å². The van der Waals surface area contributed by atoms with Gasteiger partial charge in [0.1, 0.15) is 0 Å². The van der Waals surface area contributed by atoms with E-state index in [2.05, 4.69) is 29.0 Å². The third-order valence-electron chi connectivity index (χ3n) is 4.85. The molecule has 6 heteroatoms. The molecule has 0 radical (unpaired) electrons. The summed E-state index contributed by atoms with van der Waals surface area (Å²) in [6, 6.07) is 8.39. The summed E-state index contributed by atoms with van der Waals surface area (Å²) in [5.74, 6) is 0.166. The lowest BCUT2D eigenvalue weighted by atomic mass is 10.1. The van der Waals surface area contributed by atoms with E-state index in [1.165, 1.54) is 35.7 Å². The van der Waals surface area contributed by atoms with E-state index in [0.717, 1.165) is 18.7 Å². The number of amides is 1. The first-order valence-corrected chi connectivity index (χ1v) is 10.4. The molecule has 4 heterocycles. The number of carbonyl (C=O) groups excluding carboxylic acids is 1. The van der Waals surface area contributed by atoms with E-state index in [1.807, 2.05) is 6.07 Å². The number of quaternary nitrogens is 1. The summed E-state index contributed by atoms with van der Waals surface area (Å²) in [4.78, 5) is 16.8. The zero-order valence-electron chi connectivity index (χ0n) is 13.6. The van der Waals surface area contributed by atoms with Gasteiger partial charge in [-0.2, -0.15) is 5.10 Å². The summed E-state index contributed by atoms with van der Waals surface area (Å²) in [5, 5.41) is 10.6. The highest BCUT2D eigenvalue weighted by Gasteiger charge is 2.34. The van der Waals surface area contributed by atoms with Gasteiger partial charge >= 0.3 is 0 Å². The molecule has 1 N–H and O–H groups in total. The van der Waals surface area contributed by atoms with Gasteiger partial charge in [-0.25, -0.2) is 5.01 Å². The molecule has 2 aromatic heterocycles. The lowest BCUT2D eigenvalue weighted by Gasteiger charge is -2.21. The van der Waals surface area contributed by atoms with Crippen LogP contribution in [0.4, 0.5) is 0 Å². The molecule has 1 saturated heterocycles. The number of rotatable bonds is 5. The number of nitrogens with zero attached hydrogens (tertiary/aromatic N) is 2. The summed E-state index contributed by atoms with van der Waals surface area (Å²) >= 11 is 3.41. The molecule has 0 aromatic carbocycles. The number of hydrogen-bond acceptors (Lipinski definition) is 4. The monoisotopic (exact) mass is 360 g/mol. The summed E-state index contributed by atoms with van der Waals surface area (Å²) in [7, 11) is 0. The highest BCUT2D eigenvalue weighted by Crippen LogP contribution is 2.36. The smallest absolute Gasteiger partial charge is 0.248 e. The maximum atomic E-state index is 12.8. The van der Waals surface area contributed by atoms with Gasteiger partial charge in [0, 0.05) is 24.1 Å². The average Bonchev–Trinajstić information content (AvgIpc) is 3.40. The lowest BCUT2D eigenvalue weighted by Crippen LogP contribution is -3.10. The maximum absolute atomic E-state index is 12.8. The highest BCUT2D eigenvalue weighted by atomic mass is 32.1. The number of nitrogens with one attached hydrogen (secondary N) is 1. The van der Waals surface area contributed by atoms with Crippen LogP contribution in [-0.4, -0.2) is 36.3 Å². The first-order chi connectivity index (χ1) is 11.8. The van der Waals surface area contributed by atoms with E-state index in [-0.39, 0.29) is 11.9 Å². The van der Waals surface area contributed by atoms with Crippen LogP contribution >= 0.6 is 22.7 Å². The predicted molar refractivity (Wildman–Crippen MR) is 98.8 cm³/mol. The minimum absolute atomic E-state index is 0.0724. The van der Waals surface area contributed by atoms with Crippen molar-refractivity contribution in [3.63, 3.8) is 0 Å². The molecule has 0 unspecified atom stereocenters. The van der Waals surface area contributed by atoms with Crippen molar-refractivity contribution >= 4 is 34.3 Å². The fraction of sp³-hybridized carbons (Fsp3) is 0.444. The van der Waals surface area contributed by atoms with E-state index in [4.69, 9.17) is 5.10 Å². The van der Waals surface area contributed by atoms with Crippen LogP contribution in [0.25, 0.3) is 0 Å². The standard InChI is InChI=1S/C18H21N3OS2/c22-18(7-10-20-8-1-2-9-20)21-15(17-6-4-12-24-17)13-14(19-21)16-5-3-11-23-16/h3-6,11-12,15H,1-2,7-10,13H2/p+1/t15-/m1/s1. The van der Waals surface area contributed by atoms with Crippen molar-refractivity contribution in [3.8, 4) is 0 Å². The Kier molecular flexibility index (Phi) is 4.78. The Labute approximate surface area is 150 Å². The zero-order chi connectivity index (χ0) is 16.4. The molecule has 1 fully saturated rings. The van der Waals surface area contributed by atoms with Gasteiger partial charge in [-0.15, -0.1) is 22.7 Å². The van der Waals surface area contributed by atoms with E-state index in [1.54, 1.807) is 32.6 Å². The first kappa shape index (κ1) is 16.0. The number of thiophene rings is 2. The normalized spacial score (nSPS) is 21.4. The third kappa shape index (κ3) is 3.31. The molecule has 2 aliphatic heterocycles. The van der Waals surface area contributed by atoms with Crippen molar-refractivity contribution in [1.29, 1.82) is 0 Å². The predicted octanol–water partition coefficient (Wildman–Crippen LogP) is 2.56. The Morgan fingerprint density at radius 3 is 2.71 bits per heavy atom. The van der Waals surface area contributed by atoms with Gasteiger partial charge in [0.25, 0.3) is 0 Å². The fourth-order valence-corrected chi connectivity index (χ4v) is 5.09. The quantitative estimate of drug-likeness (QED) is 0.874. The highest BCUT2D eigenvalue weighted by molar-refractivity contribution is 7.12. The van der Waals surface area contributed by atoms with Crippen molar-refractivity contribution in [2.24, 2.45) is 5.10 Å². The molecule has 0 saturated carbocycles. The molecule has 1 amide bonds. The fourth-order valence-electron chi connectivity index (χ4n) is 3.56. The Balaban J connectivity index is 1.50. The van der Waals surface area contributed by atoms with Crippen LogP contribution in [0.15, 0.2) is 40.1 Å². The lowest BCUT2D eigenvalue weighted by molar-refractivity contribution is -0.886. The molecule has 24 heavy (non-hydrogen) atoms. The molecule has 1 atom stereocenters. The zero-order valence-corrected chi connectivity index (χ0v) is 15.2. The van der Waals surface area contributed by atoms with Crippen LogP contribution in [0.2, 0.25) is 0 Å². The van der Waals surface area contributed by atoms with Crippen LogP contribution < -0.4 is 4.90 Å². The topological polar surface area (TPSA) is 37.1 Å². The average molecular weight is 361 g/mol. The van der Waals surface area contributed by atoms with Crippen LogP contribution in [0.1, 0.15) is 41.5 Å². The van der Waals surface area contributed by atoms with E-state index < -0.39 is 0 Å². The molecule has 0 aliphatic carbocycles. The van der Waals surface area contributed by atoms with Crippen molar-refractivity contribution in [2.75, 3.05) is 19.6 Å². The third-order valence-corrected chi connectivity index (χ3v) is 6.74. The van der Waals surface area contributed by atoms with Gasteiger partial charge < -0.3 is 4.90 Å². The van der Waals surface area contributed by atoms with Crippen LogP contribution in [0, 0.1) is 0 Å². The summed E-state index contributed by atoms with van der Waals surface area (Å²) in [5.41, 5.74) is 1.05. The van der Waals surface area contributed by atoms with E-state index >= 15 is 0 Å². The molecule has 4 nitrogen and oxygen atoms in total. The van der Waals surface area contributed by atoms with Gasteiger partial charge in [0.2, 0.25) is 5.91 Å². The van der Waals surface area contributed by atoms with Crippen LogP contribution in [0.3, 0.4) is 0 Å². The Bertz CT molecular complexity index is 703. The summed E-state index contributed by atoms with van der Waals surface area (Å²) in [6.07, 6.45) is 4.01. The second kappa shape index (κ2) is 7.17. The van der Waals surface area contributed by atoms with Crippen LogP contribution in [0.5, 0.6) is 0 Å². The second-order valence-corrected chi connectivity index (χ2v) is 8.38. The SMILES string of the molecule is O=C(CC[NH+]1CCCC1)N1N=C(c2cccs2)C[C@@H]1c1cccs1. The Morgan fingerprint density at radius 2 is 2.00 bits per heavy atom. The van der Waals surface area contributed by atoms with Crippen molar-refractivity contribution in [3.05, 3.63) is 44.8 Å². The number of hydrazone groups is 1. The van der Waals surface area contributed by atoms with Crippen molar-refractivity contribution in [1.82, 2.24) is 5.01 Å². The largest absolute Gasteiger partial charge is 0.334 e. The van der Waals surface area contributed by atoms with Gasteiger partial charge in [-0.3, -0.25) is 4.79 Å². The van der Waals surface area contributed by atoms with Gasteiger partial charge in [0.15, 0.2) is 0 Å². The molecule has 2 aliphatic rings. The van der Waals surface area contributed by atoms with E-state index in [0.29, 0.717) is 6.42 Å². The molecule has 126 valence electrons. The maximum Gasteiger partial charge on any atom is 0.248 e. The molecule has 2 aromatic rings. The Hall–Kier alpha value is -1.50. The molecule has 0 spiro atoms. The molecule has 0 bridgehead atoms. The summed E-state index contributed by atoms with van der Waals surface area (Å²) in [6.45, 7) is 3.37. The van der Waals surface area contributed by atoms with Crippen molar-refractivity contribution < 1.29 is 9.69 Å². The second-order valence-electron chi connectivity index (χ2n) is 6.45. The first-order valence-electron chi connectivity index (χ1n) is 8.61. The Morgan fingerprint density at radius 1 is 1.21 bits per heavy atom. The van der Waals surface area contributed by atoms with Gasteiger partial charge in [0.05, 0.1) is 42.7 Å². The summed E-state index contributed by atoms with van der Waals surface area (Å²) < 4.78 is 0. The molecule has 4 rings (SSSR count). The van der Waals surface area contributed by atoms with Gasteiger partial charge in [-0.1, -0.05) is 12.1 Å². The minimum atomic E-state index is 0.0724. The van der Waals surface area contributed by atoms with Crippen molar-refractivity contribution in [2.45, 2.75) is 31.7 Å². The van der Waals surface area contributed by atoms with Crippen LogP contribution in [-0.2, 0) is 4.79 Å².